The van der Waals surface area contributed by atoms with Gasteiger partial charge in [0.05, 0.1) is 27.4 Å². The molecule has 0 N–H and O–H groups in total. The van der Waals surface area contributed by atoms with Crippen LogP contribution in [0.3, 0.4) is 0 Å². The summed E-state index contributed by atoms with van der Waals surface area (Å²) in [5.74, 6) is -1.18. The van der Waals surface area contributed by atoms with Gasteiger partial charge in [0.2, 0.25) is 11.8 Å². The number of esters is 2. The van der Waals surface area contributed by atoms with Gasteiger partial charge < -0.3 is 28.7 Å². The highest BCUT2D eigenvalue weighted by molar-refractivity contribution is 6.12. The molecule has 0 aliphatic carbocycles. The van der Waals surface area contributed by atoms with Gasteiger partial charge in [-0.05, 0) is 49.2 Å². The van der Waals surface area contributed by atoms with Gasteiger partial charge in [-0.15, -0.1) is 0 Å². The van der Waals surface area contributed by atoms with Crippen LogP contribution in [0, 0.1) is 10.8 Å². The van der Waals surface area contributed by atoms with Crippen molar-refractivity contribution in [3.63, 3.8) is 0 Å². The van der Waals surface area contributed by atoms with Gasteiger partial charge in [-0.25, -0.2) is 0 Å². The minimum absolute atomic E-state index is 0.0468. The molecule has 10 heteroatoms. The first-order valence-electron chi connectivity index (χ1n) is 12.9. The fraction of sp³-hybridized carbons (Fsp3) is 0.448. The summed E-state index contributed by atoms with van der Waals surface area (Å²) in [5, 5.41) is 0. The average Bonchev–Trinajstić information content (AvgIpc) is 2.95. The van der Waals surface area contributed by atoms with Crippen LogP contribution in [0.25, 0.3) is 0 Å². The van der Waals surface area contributed by atoms with Crippen LogP contribution in [0.5, 0.6) is 11.5 Å². The first kappa shape index (κ1) is 27.9. The zero-order chi connectivity index (χ0) is 28.2. The van der Waals surface area contributed by atoms with E-state index in [1.54, 1.807) is 76.6 Å². The summed E-state index contributed by atoms with van der Waals surface area (Å²) in [7, 11) is 3.11. The minimum Gasteiger partial charge on any atom is -0.497 e. The second-order valence-electron chi connectivity index (χ2n) is 9.80. The van der Waals surface area contributed by atoms with Crippen molar-refractivity contribution in [3.05, 3.63) is 59.7 Å². The number of ether oxygens (including phenoxy) is 4. The smallest absolute Gasteiger partial charge is 0.323 e. The Bertz CT molecular complexity index is 1130. The van der Waals surface area contributed by atoms with Crippen molar-refractivity contribution in [2.75, 3.05) is 40.5 Å². The third-order valence-corrected chi connectivity index (χ3v) is 7.32. The largest absolute Gasteiger partial charge is 0.497 e. The lowest BCUT2D eigenvalue weighted by Gasteiger charge is -2.54. The van der Waals surface area contributed by atoms with E-state index in [1.807, 2.05) is 0 Å². The van der Waals surface area contributed by atoms with Crippen LogP contribution < -0.4 is 9.47 Å². The normalized spacial score (nSPS) is 22.4. The Balaban J connectivity index is 1.77. The van der Waals surface area contributed by atoms with E-state index in [0.717, 1.165) is 11.1 Å². The fourth-order valence-electron chi connectivity index (χ4n) is 5.46. The topological polar surface area (TPSA) is 112 Å². The van der Waals surface area contributed by atoms with Gasteiger partial charge in [0, 0.05) is 32.6 Å². The molecule has 2 unspecified atom stereocenters. The number of amides is 2. The molecule has 2 saturated heterocycles. The highest BCUT2D eigenvalue weighted by Crippen LogP contribution is 2.49. The Labute approximate surface area is 227 Å². The van der Waals surface area contributed by atoms with Crippen molar-refractivity contribution in [1.29, 1.82) is 0 Å². The predicted molar refractivity (Wildman–Crippen MR) is 140 cm³/mol. The first-order chi connectivity index (χ1) is 18.7. The Hall–Kier alpha value is -4.08. The Morgan fingerprint density at radius 3 is 1.36 bits per heavy atom. The van der Waals surface area contributed by atoms with E-state index in [4.69, 9.17) is 18.9 Å². The molecular formula is C29H34N2O8. The van der Waals surface area contributed by atoms with Crippen molar-refractivity contribution in [1.82, 2.24) is 9.80 Å². The van der Waals surface area contributed by atoms with E-state index in [1.165, 1.54) is 9.80 Å². The molecule has 208 valence electrons. The molecule has 2 amide bonds. The number of hydrogen-bond donors (Lipinski definition) is 0. The maximum atomic E-state index is 14.1. The highest BCUT2D eigenvalue weighted by atomic mass is 16.5. The monoisotopic (exact) mass is 538 g/mol. The van der Waals surface area contributed by atoms with E-state index >= 15 is 0 Å². The zero-order valence-electron chi connectivity index (χ0n) is 22.7. The number of carbonyl (C=O) groups excluding carboxylic acids is 4. The lowest BCUT2D eigenvalue weighted by Crippen LogP contribution is -2.72. The fourth-order valence-corrected chi connectivity index (χ4v) is 5.46. The van der Waals surface area contributed by atoms with Gasteiger partial charge in [0.1, 0.15) is 11.5 Å². The second kappa shape index (κ2) is 11.3. The Kier molecular flexibility index (Phi) is 8.13. The van der Waals surface area contributed by atoms with Crippen LogP contribution in [-0.4, -0.2) is 74.1 Å². The van der Waals surface area contributed by atoms with Gasteiger partial charge in [-0.2, -0.15) is 0 Å². The molecule has 2 aliphatic heterocycles. The molecule has 0 spiro atoms. The van der Waals surface area contributed by atoms with Crippen molar-refractivity contribution in [2.45, 2.75) is 33.4 Å². The van der Waals surface area contributed by atoms with Gasteiger partial charge >= 0.3 is 11.9 Å². The van der Waals surface area contributed by atoms with Crippen LogP contribution in [0.1, 0.15) is 31.4 Å². The summed E-state index contributed by atoms with van der Waals surface area (Å²) >= 11 is 0. The lowest BCUT2D eigenvalue weighted by molar-refractivity contribution is -0.197. The number of fused-ring (bicyclic) bond motifs is 2. The number of piperidine rings is 2. The third-order valence-electron chi connectivity index (χ3n) is 7.32. The standard InChI is InChI=1S/C29H34N2O8/c1-5-38-26(34)28-17-29(27(35)39-6-2,19-31(24(28)32)16-21-9-13-23(37-4)14-10-21)25(33)30(18-28)15-20-7-11-22(36-3)12-8-20/h7-14H,5-6,15-19H2,1-4H3. The highest BCUT2D eigenvalue weighted by Gasteiger charge is 2.69. The maximum Gasteiger partial charge on any atom is 0.323 e. The quantitative estimate of drug-likeness (QED) is 0.335. The number of benzene rings is 2. The SMILES string of the molecule is CCOC(=O)C12CN(Cc3ccc(OC)cc3)C(=O)C(C(=O)OCC)(CN(Cc3ccc(OC)cc3)C1=O)C2. The molecule has 2 aliphatic rings. The number of nitrogens with zero attached hydrogens (tertiary/aromatic N) is 2. The summed E-state index contributed by atoms with van der Waals surface area (Å²) in [4.78, 5) is 58.1. The lowest BCUT2D eigenvalue weighted by atomic mass is 9.62. The molecule has 2 atom stereocenters. The average molecular weight is 539 g/mol. The maximum absolute atomic E-state index is 14.1. The van der Waals surface area contributed by atoms with Crippen LogP contribution in [0.4, 0.5) is 0 Å². The summed E-state index contributed by atoms with van der Waals surface area (Å²) in [6.07, 6.45) is -0.298. The molecule has 10 nitrogen and oxygen atoms in total. The van der Waals surface area contributed by atoms with Crippen molar-refractivity contribution >= 4 is 23.8 Å². The van der Waals surface area contributed by atoms with E-state index in [0.29, 0.717) is 11.5 Å². The second-order valence-corrected chi connectivity index (χ2v) is 9.80. The minimum atomic E-state index is -1.76. The van der Waals surface area contributed by atoms with E-state index in [-0.39, 0.29) is 45.8 Å². The van der Waals surface area contributed by atoms with Crippen molar-refractivity contribution < 1.29 is 38.1 Å². The van der Waals surface area contributed by atoms with Gasteiger partial charge in [0.25, 0.3) is 0 Å². The van der Waals surface area contributed by atoms with Gasteiger partial charge in [-0.1, -0.05) is 24.3 Å². The van der Waals surface area contributed by atoms with Crippen LogP contribution in [-0.2, 0) is 41.7 Å². The molecule has 2 fully saturated rings. The number of likely N-dealkylation sites (tertiary alicyclic amines) is 2. The number of methoxy groups -OCH3 is 2. The molecule has 2 aromatic rings. The predicted octanol–water partition coefficient (Wildman–Crippen LogP) is 2.58. The van der Waals surface area contributed by atoms with E-state index in [9.17, 15) is 19.2 Å². The van der Waals surface area contributed by atoms with E-state index in [2.05, 4.69) is 0 Å². The number of rotatable bonds is 10. The first-order valence-corrected chi connectivity index (χ1v) is 12.9. The molecule has 0 aromatic heterocycles. The number of carbonyl (C=O) groups is 4. The van der Waals surface area contributed by atoms with E-state index < -0.39 is 34.6 Å². The third kappa shape index (κ3) is 5.15. The number of hydrogen-bond acceptors (Lipinski definition) is 8. The summed E-state index contributed by atoms with van der Waals surface area (Å²) in [6.45, 7) is 3.16. The Morgan fingerprint density at radius 2 is 1.05 bits per heavy atom. The Morgan fingerprint density at radius 1 is 0.692 bits per heavy atom. The summed E-state index contributed by atoms with van der Waals surface area (Å²) in [5.41, 5.74) is -2.00. The molecule has 0 saturated carbocycles. The molecule has 2 heterocycles. The van der Waals surface area contributed by atoms with Crippen LogP contribution in [0.15, 0.2) is 48.5 Å². The molecule has 2 bridgehead atoms. The molecular weight excluding hydrogens is 504 g/mol. The van der Waals surface area contributed by atoms with Gasteiger partial charge in [-0.3, -0.25) is 19.2 Å². The summed E-state index contributed by atoms with van der Waals surface area (Å²) < 4.78 is 21.2. The van der Waals surface area contributed by atoms with Crippen molar-refractivity contribution in [2.24, 2.45) is 10.8 Å². The van der Waals surface area contributed by atoms with Crippen LogP contribution >= 0.6 is 0 Å². The molecule has 4 rings (SSSR count). The molecule has 39 heavy (non-hydrogen) atoms. The molecule has 2 aromatic carbocycles. The zero-order valence-corrected chi connectivity index (χ0v) is 22.7. The van der Waals surface area contributed by atoms with Crippen molar-refractivity contribution in [3.8, 4) is 11.5 Å². The summed E-state index contributed by atoms with van der Waals surface area (Å²) in [6, 6.07) is 14.2. The molecule has 0 radical (unpaired) electrons. The van der Waals surface area contributed by atoms with Gasteiger partial charge in [0.15, 0.2) is 10.8 Å². The van der Waals surface area contributed by atoms with Crippen LogP contribution in [0.2, 0.25) is 0 Å².